The molecule has 1 rings (SSSR count). The lowest BCUT2D eigenvalue weighted by Gasteiger charge is -2.06. The minimum atomic E-state index is -0.114. The van der Waals surface area contributed by atoms with E-state index in [1.165, 1.54) is 0 Å². The van der Waals surface area contributed by atoms with Crippen molar-refractivity contribution in [3.05, 3.63) is 0 Å². The minimum absolute atomic E-state index is 0.114. The van der Waals surface area contributed by atoms with Crippen molar-refractivity contribution in [3.63, 3.8) is 0 Å². The van der Waals surface area contributed by atoms with Crippen LogP contribution in [-0.4, -0.2) is 25.8 Å². The highest BCUT2D eigenvalue weighted by atomic mass is 16.5. The highest BCUT2D eigenvalue weighted by Gasteiger charge is 2.16. The highest BCUT2D eigenvalue weighted by Crippen LogP contribution is 2.12. The van der Waals surface area contributed by atoms with Crippen LogP contribution in [0.1, 0.15) is 19.8 Å². The van der Waals surface area contributed by atoms with Gasteiger partial charge < -0.3 is 9.47 Å². The molecule has 0 aliphatic carbocycles. The van der Waals surface area contributed by atoms with Crippen molar-refractivity contribution in [2.75, 3.05) is 19.8 Å². The Hall–Kier alpha value is -0.570. The molecule has 0 bridgehead atoms. The van der Waals surface area contributed by atoms with Crippen LogP contribution >= 0.6 is 0 Å². The lowest BCUT2D eigenvalue weighted by Crippen LogP contribution is -2.13. The minimum Gasteiger partial charge on any atom is -0.465 e. The lowest BCUT2D eigenvalue weighted by molar-refractivity contribution is -0.144. The summed E-state index contributed by atoms with van der Waals surface area (Å²) in [5.74, 6) is 0.322. The van der Waals surface area contributed by atoms with Crippen LogP contribution in [0.4, 0.5) is 0 Å². The Morgan fingerprint density at radius 2 is 2.55 bits per heavy atom. The Labute approximate surface area is 66.7 Å². The van der Waals surface area contributed by atoms with E-state index in [9.17, 15) is 4.79 Å². The molecule has 11 heavy (non-hydrogen) atoms. The number of rotatable bonds is 3. The predicted octanol–water partition coefficient (Wildman–Crippen LogP) is 0.976. The van der Waals surface area contributed by atoms with Crippen LogP contribution < -0.4 is 0 Å². The first-order valence-electron chi connectivity index (χ1n) is 4.06. The molecule has 1 aliphatic heterocycles. The summed E-state index contributed by atoms with van der Waals surface area (Å²) in [7, 11) is 0. The molecular formula is C8H14O3. The third-order valence-electron chi connectivity index (χ3n) is 1.79. The maximum Gasteiger partial charge on any atom is 0.305 e. The summed E-state index contributed by atoms with van der Waals surface area (Å²) in [5, 5.41) is 0. The third kappa shape index (κ3) is 2.89. The first-order valence-corrected chi connectivity index (χ1v) is 4.06. The van der Waals surface area contributed by atoms with Gasteiger partial charge in [0, 0.05) is 18.9 Å². The zero-order valence-electron chi connectivity index (χ0n) is 6.84. The molecule has 0 aromatic heterocycles. The quantitative estimate of drug-likeness (QED) is 0.574. The van der Waals surface area contributed by atoms with Gasteiger partial charge in [-0.25, -0.2) is 0 Å². The van der Waals surface area contributed by atoms with Gasteiger partial charge in [-0.05, 0) is 6.42 Å². The smallest absolute Gasteiger partial charge is 0.305 e. The fraction of sp³-hybridized carbons (Fsp3) is 0.875. The Morgan fingerprint density at radius 1 is 1.73 bits per heavy atom. The van der Waals surface area contributed by atoms with Crippen LogP contribution in [0.3, 0.4) is 0 Å². The van der Waals surface area contributed by atoms with Crippen molar-refractivity contribution >= 4 is 5.97 Å². The van der Waals surface area contributed by atoms with Crippen LogP contribution in [0.2, 0.25) is 0 Å². The van der Waals surface area contributed by atoms with Gasteiger partial charge in [-0.3, -0.25) is 4.79 Å². The lowest BCUT2D eigenvalue weighted by atomic mass is 10.1. The van der Waals surface area contributed by atoms with Crippen molar-refractivity contribution in [2.24, 2.45) is 5.92 Å². The van der Waals surface area contributed by atoms with Crippen molar-refractivity contribution < 1.29 is 14.3 Å². The second-order valence-electron chi connectivity index (χ2n) is 2.77. The van der Waals surface area contributed by atoms with E-state index in [2.05, 4.69) is 0 Å². The van der Waals surface area contributed by atoms with Crippen molar-refractivity contribution in [1.29, 1.82) is 0 Å². The SMILES string of the molecule is CCC(=O)OCC1CCOC1. The molecule has 64 valence electrons. The monoisotopic (exact) mass is 158 g/mol. The molecule has 0 saturated carbocycles. The average Bonchev–Trinajstić information content (AvgIpc) is 2.52. The molecule has 3 nitrogen and oxygen atoms in total. The fourth-order valence-corrected chi connectivity index (χ4v) is 1.03. The molecule has 0 radical (unpaired) electrons. The number of carbonyl (C=O) groups excluding carboxylic acids is 1. The standard InChI is InChI=1S/C8H14O3/c1-2-8(9)11-6-7-3-4-10-5-7/h7H,2-6H2,1H3. The first kappa shape index (κ1) is 8.53. The molecule has 1 saturated heterocycles. The van der Waals surface area contributed by atoms with Crippen LogP contribution in [0.15, 0.2) is 0 Å². The van der Waals surface area contributed by atoms with Gasteiger partial charge in [0.1, 0.15) is 0 Å². The summed E-state index contributed by atoms with van der Waals surface area (Å²) < 4.78 is 10.1. The molecule has 1 heterocycles. The van der Waals surface area contributed by atoms with Gasteiger partial charge in [-0.2, -0.15) is 0 Å². The van der Waals surface area contributed by atoms with E-state index >= 15 is 0 Å². The van der Waals surface area contributed by atoms with Crippen LogP contribution in [0.5, 0.6) is 0 Å². The van der Waals surface area contributed by atoms with E-state index in [0.29, 0.717) is 18.9 Å². The summed E-state index contributed by atoms with van der Waals surface area (Å²) in [6, 6.07) is 0. The molecule has 3 heteroatoms. The summed E-state index contributed by atoms with van der Waals surface area (Å²) in [5.41, 5.74) is 0. The zero-order chi connectivity index (χ0) is 8.10. The normalized spacial score (nSPS) is 23.5. The number of carbonyl (C=O) groups is 1. The Balaban J connectivity index is 2.06. The van der Waals surface area contributed by atoms with E-state index in [1.54, 1.807) is 6.92 Å². The largest absolute Gasteiger partial charge is 0.465 e. The Kier molecular flexibility index (Phi) is 3.36. The number of hydrogen-bond acceptors (Lipinski definition) is 3. The summed E-state index contributed by atoms with van der Waals surface area (Å²) in [6.45, 7) is 3.89. The van der Waals surface area contributed by atoms with Gasteiger partial charge in [0.2, 0.25) is 0 Å². The highest BCUT2D eigenvalue weighted by molar-refractivity contribution is 5.68. The van der Waals surface area contributed by atoms with Crippen LogP contribution in [0.25, 0.3) is 0 Å². The van der Waals surface area contributed by atoms with Gasteiger partial charge in [-0.15, -0.1) is 0 Å². The third-order valence-corrected chi connectivity index (χ3v) is 1.79. The van der Waals surface area contributed by atoms with E-state index < -0.39 is 0 Å². The number of esters is 1. The second-order valence-corrected chi connectivity index (χ2v) is 2.77. The fourth-order valence-electron chi connectivity index (χ4n) is 1.03. The van der Waals surface area contributed by atoms with E-state index in [0.717, 1.165) is 19.6 Å². The maximum atomic E-state index is 10.7. The van der Waals surface area contributed by atoms with Crippen molar-refractivity contribution in [2.45, 2.75) is 19.8 Å². The van der Waals surface area contributed by atoms with Gasteiger partial charge in [0.05, 0.1) is 13.2 Å². The molecule has 1 aliphatic rings. The topological polar surface area (TPSA) is 35.5 Å². The summed E-state index contributed by atoms with van der Waals surface area (Å²) in [6.07, 6.45) is 1.49. The zero-order valence-corrected chi connectivity index (χ0v) is 6.84. The van der Waals surface area contributed by atoms with Crippen LogP contribution in [-0.2, 0) is 14.3 Å². The van der Waals surface area contributed by atoms with Crippen LogP contribution in [0, 0.1) is 5.92 Å². The van der Waals surface area contributed by atoms with Gasteiger partial charge in [0.25, 0.3) is 0 Å². The molecule has 0 aromatic rings. The first-order chi connectivity index (χ1) is 5.33. The van der Waals surface area contributed by atoms with Gasteiger partial charge in [-0.1, -0.05) is 6.92 Å². The molecule has 1 atom stereocenters. The Morgan fingerprint density at radius 3 is 3.09 bits per heavy atom. The van der Waals surface area contributed by atoms with Gasteiger partial charge >= 0.3 is 5.97 Å². The second kappa shape index (κ2) is 4.34. The summed E-state index contributed by atoms with van der Waals surface area (Å²) in [4.78, 5) is 10.7. The molecule has 0 amide bonds. The van der Waals surface area contributed by atoms with Crippen molar-refractivity contribution in [1.82, 2.24) is 0 Å². The molecule has 0 spiro atoms. The molecule has 1 unspecified atom stereocenters. The van der Waals surface area contributed by atoms with E-state index in [1.807, 2.05) is 0 Å². The summed E-state index contributed by atoms with van der Waals surface area (Å²) >= 11 is 0. The van der Waals surface area contributed by atoms with E-state index in [-0.39, 0.29) is 5.97 Å². The van der Waals surface area contributed by atoms with E-state index in [4.69, 9.17) is 9.47 Å². The number of ether oxygens (including phenoxy) is 2. The molecule has 1 fully saturated rings. The molecular weight excluding hydrogens is 144 g/mol. The average molecular weight is 158 g/mol. The number of hydrogen-bond donors (Lipinski definition) is 0. The molecule has 0 N–H and O–H groups in total. The Bertz CT molecular complexity index is 127. The predicted molar refractivity (Wildman–Crippen MR) is 40.2 cm³/mol. The molecule has 0 aromatic carbocycles. The van der Waals surface area contributed by atoms with Gasteiger partial charge in [0.15, 0.2) is 0 Å². The van der Waals surface area contributed by atoms with Crippen molar-refractivity contribution in [3.8, 4) is 0 Å². The maximum absolute atomic E-state index is 10.7.